The largest absolute Gasteiger partial charge is 0.506 e. The number of esters is 2. The minimum absolute atomic E-state index is 0.00583. The van der Waals surface area contributed by atoms with E-state index in [4.69, 9.17) is 33.7 Å². The summed E-state index contributed by atoms with van der Waals surface area (Å²) in [6, 6.07) is 1.89. The molecular formula is C49H41N11O15S5. The number of aromatic nitrogens is 7. The summed E-state index contributed by atoms with van der Waals surface area (Å²) in [5, 5.41) is 65.4. The van der Waals surface area contributed by atoms with Crippen molar-refractivity contribution in [3.8, 4) is 44.3 Å². The van der Waals surface area contributed by atoms with Gasteiger partial charge in [-0.1, -0.05) is 12.1 Å². The summed E-state index contributed by atoms with van der Waals surface area (Å²) >= 11 is 4.98. The number of cyclic esters (lactones) is 2. The molecule has 0 saturated heterocycles. The van der Waals surface area contributed by atoms with Crippen LogP contribution in [0.3, 0.4) is 0 Å². The lowest BCUT2D eigenvalue weighted by Gasteiger charge is -2.30. The van der Waals surface area contributed by atoms with Gasteiger partial charge in [0.25, 0.3) is 11.8 Å². The Kier molecular flexibility index (Phi) is 14.9. The smallest absolute Gasteiger partial charge is 0.358 e. The van der Waals surface area contributed by atoms with Crippen LogP contribution in [-0.2, 0) is 41.8 Å². The van der Waals surface area contributed by atoms with Gasteiger partial charge in [-0.2, -0.15) is 4.73 Å². The maximum Gasteiger partial charge on any atom is 0.358 e. The van der Waals surface area contributed by atoms with Crippen LogP contribution in [0.5, 0.6) is 11.6 Å². The number of allylic oxidation sites excluding steroid dienone is 1. The van der Waals surface area contributed by atoms with E-state index in [0.717, 1.165) is 56.7 Å². The zero-order valence-electron chi connectivity index (χ0n) is 41.5. The third-order valence-corrected chi connectivity index (χ3v) is 17.3. The van der Waals surface area contributed by atoms with Gasteiger partial charge in [-0.05, 0) is 31.5 Å². The van der Waals surface area contributed by atoms with E-state index in [0.29, 0.717) is 16.6 Å². The van der Waals surface area contributed by atoms with E-state index >= 15 is 0 Å². The molecule has 1 aromatic carbocycles. The second kappa shape index (κ2) is 22.2. The highest BCUT2D eigenvalue weighted by Crippen LogP contribution is 2.42. The van der Waals surface area contributed by atoms with Crippen LogP contribution in [0.1, 0.15) is 94.0 Å². The van der Waals surface area contributed by atoms with E-state index < -0.39 is 91.6 Å². The van der Waals surface area contributed by atoms with E-state index in [2.05, 4.69) is 41.2 Å². The number of thiazole rings is 5. The molecule has 26 nitrogen and oxygen atoms in total. The number of aliphatic hydroxyl groups is 2. The maximum atomic E-state index is 14.5. The number of aliphatic hydroxyl groups excluding tert-OH is 2. The number of nitrogens with zero attached hydrogens (tertiary/aromatic N) is 7. The number of hydrogen-bond acceptors (Lipinski definition) is 27. The maximum absolute atomic E-state index is 14.5. The fourth-order valence-electron chi connectivity index (χ4n) is 8.78. The topological polar surface area (TPSA) is 360 Å². The van der Waals surface area contributed by atoms with Crippen LogP contribution in [0, 0.1) is 0 Å². The van der Waals surface area contributed by atoms with Crippen molar-refractivity contribution in [2.24, 2.45) is 0 Å². The standard InChI is InChI=1S/C49H41N11O15S5/c1-18(62)32-42(67)58-33(19(2)71-3)45-54-27(15-78-45)41(66)59-36-39-38(64)49(69)73-9-20-5-4-6-28-31(20)23(10-72-39)37(60(28)70)48(68)74-11-24(52-40(65)26-14-79-47(36)55-26)44-53-25(13-77-44)34-22(43-56-30(16-80-43)75-17-50-32)7-29(63)35(57-34)46-51-21(8-61)12-76-46/h4-8,12-16,18,24,32,36,38-39,50,62-64,70H,9-11,17H2,1-3H3,(H,52,65)(H,58,67)(H,59,66)/b33-19+/t18-,24+,32+,36+,38+,39+/m1/s1. The monoisotopic (exact) mass is 1180 g/mol. The van der Waals surface area contributed by atoms with E-state index in [1.54, 1.807) is 22.9 Å². The van der Waals surface area contributed by atoms with Crippen molar-refractivity contribution >= 4 is 109 Å². The van der Waals surface area contributed by atoms with Crippen LogP contribution in [0.4, 0.5) is 0 Å². The Morgan fingerprint density at radius 2 is 1.57 bits per heavy atom. The normalized spacial score (nSPS) is 21.1. The Hall–Kier alpha value is -8.14. The van der Waals surface area contributed by atoms with Crippen LogP contribution in [0.15, 0.2) is 56.9 Å². The lowest BCUT2D eigenvalue weighted by molar-refractivity contribution is -0.166. The number of carbonyl (C=O) groups excluding carboxylic acids is 6. The molecule has 3 amide bonds. The van der Waals surface area contributed by atoms with Gasteiger partial charge < -0.3 is 60.2 Å². The summed E-state index contributed by atoms with van der Waals surface area (Å²) in [6.45, 7) is 0.924. The van der Waals surface area contributed by atoms with Crippen LogP contribution < -0.4 is 26.0 Å². The van der Waals surface area contributed by atoms with Crippen molar-refractivity contribution in [2.45, 2.75) is 63.5 Å². The molecule has 3 aliphatic rings. The molecule has 0 saturated carbocycles. The first-order chi connectivity index (χ1) is 38.6. The number of ether oxygens (including phenoxy) is 5. The Bertz CT molecular complexity index is 3820. The first-order valence-corrected chi connectivity index (χ1v) is 28.2. The molecule has 0 spiro atoms. The van der Waals surface area contributed by atoms with Crippen LogP contribution >= 0.6 is 56.7 Å². The predicted molar refractivity (Wildman–Crippen MR) is 285 cm³/mol. The minimum atomic E-state index is -2.16. The lowest BCUT2D eigenvalue weighted by atomic mass is 10.0. The predicted octanol–water partition coefficient (Wildman–Crippen LogP) is 4.33. The van der Waals surface area contributed by atoms with Crippen LogP contribution in [0.25, 0.3) is 49.3 Å². The molecule has 7 aromatic heterocycles. The Morgan fingerprint density at radius 1 is 0.838 bits per heavy atom. The van der Waals surface area contributed by atoms with Gasteiger partial charge in [0.15, 0.2) is 18.1 Å². The number of hydrogen-bond donors (Lipinski definition) is 8. The molecular weight excluding hydrogens is 1140 g/mol. The molecule has 3 aliphatic heterocycles. The number of benzene rings is 1. The highest BCUT2D eigenvalue weighted by molar-refractivity contribution is 7.14. The molecule has 6 atom stereocenters. The van der Waals surface area contributed by atoms with Crippen molar-refractivity contribution < 1.29 is 73.0 Å². The summed E-state index contributed by atoms with van der Waals surface area (Å²) in [4.78, 5) is 111. The van der Waals surface area contributed by atoms with Gasteiger partial charge in [0.05, 0.1) is 30.7 Å². The van der Waals surface area contributed by atoms with Gasteiger partial charge in [-0.15, -0.1) is 56.7 Å². The average Bonchev–Trinajstić information content (AvgIpc) is 4.41. The van der Waals surface area contributed by atoms with Gasteiger partial charge in [-0.3, -0.25) is 24.5 Å². The average molecular weight is 1180 g/mol. The molecule has 10 heterocycles. The van der Waals surface area contributed by atoms with Gasteiger partial charge in [0, 0.05) is 38.0 Å². The molecule has 412 valence electrons. The van der Waals surface area contributed by atoms with Crippen molar-refractivity contribution in [3.63, 3.8) is 0 Å². The molecule has 31 heteroatoms. The molecule has 0 fully saturated rings. The van der Waals surface area contributed by atoms with Gasteiger partial charge in [-0.25, -0.2) is 39.5 Å². The third kappa shape index (κ3) is 10.2. The van der Waals surface area contributed by atoms with Gasteiger partial charge in [0.2, 0.25) is 11.8 Å². The number of aldehydes is 1. The summed E-state index contributed by atoms with van der Waals surface area (Å²) in [5.74, 6) is -4.88. The Labute approximate surface area is 469 Å². The second-order valence-electron chi connectivity index (χ2n) is 17.8. The molecule has 0 unspecified atom stereocenters. The quantitative estimate of drug-likeness (QED) is 0.0526. The van der Waals surface area contributed by atoms with Gasteiger partial charge in [0.1, 0.15) is 121 Å². The second-order valence-corrected chi connectivity index (χ2v) is 22.2. The van der Waals surface area contributed by atoms with E-state index in [9.17, 15) is 49.3 Å². The number of pyridine rings is 1. The number of methoxy groups -OCH3 is 1. The third-order valence-electron chi connectivity index (χ3n) is 12.8. The zero-order chi connectivity index (χ0) is 56.1. The van der Waals surface area contributed by atoms with Crippen molar-refractivity contribution in [3.05, 3.63) is 106 Å². The number of rotatable bonds is 4. The van der Waals surface area contributed by atoms with Crippen LogP contribution in [0.2, 0.25) is 0 Å². The molecule has 80 heavy (non-hydrogen) atoms. The Morgan fingerprint density at radius 3 is 2.36 bits per heavy atom. The number of fused-ring (bicyclic) bond motifs is 15. The Balaban J connectivity index is 1.09. The zero-order valence-corrected chi connectivity index (χ0v) is 45.6. The SMILES string of the molecule is CO/C(C)=C1/NC(=O)[C@H]([C@@H](C)O)NCOc2csc(n2)-c2cc(O)c(-c3nc(C=O)cs3)nc2-c2csc(n2)[C@@H]2COC(=O)c3c4c5c(cccc5n3O)COC(=O)[C@@H](O)[C@@H](OC4)[C@H](NC(=O)c3csc1n3)c1nc(cs1)C(=O)N2. The number of nitrogens with one attached hydrogen (secondary N) is 4. The first kappa shape index (κ1) is 53.8. The summed E-state index contributed by atoms with van der Waals surface area (Å²) in [5.41, 5.74) is 0.266. The van der Waals surface area contributed by atoms with Crippen LogP contribution in [-0.4, -0.2) is 136 Å². The molecule has 8 N–H and O–H groups in total. The number of aromatic hydroxyl groups is 1. The lowest BCUT2D eigenvalue weighted by Crippen LogP contribution is -2.51. The van der Waals surface area contributed by atoms with E-state index in [1.807, 2.05) is 0 Å². The molecule has 0 aliphatic carbocycles. The van der Waals surface area contributed by atoms with E-state index in [1.165, 1.54) is 49.2 Å². The molecule has 0 radical (unpaired) electrons. The molecule has 11 rings (SSSR count). The fraction of sp³-hybridized carbons (Fsp3) is 0.265. The van der Waals surface area contributed by atoms with Gasteiger partial charge >= 0.3 is 11.9 Å². The first-order valence-electron chi connectivity index (χ1n) is 23.8. The summed E-state index contributed by atoms with van der Waals surface area (Å²) in [7, 11) is 1.35. The number of amides is 3. The minimum Gasteiger partial charge on any atom is -0.506 e. The molecule has 8 aromatic rings. The number of carbonyl (C=O) groups is 6. The van der Waals surface area contributed by atoms with Crippen molar-refractivity contribution in [2.75, 3.05) is 20.4 Å². The highest BCUT2D eigenvalue weighted by atomic mass is 32.1. The fourth-order valence-corrected chi connectivity index (χ4v) is 12.9. The summed E-state index contributed by atoms with van der Waals surface area (Å²) in [6.07, 6.45) is -4.70. The summed E-state index contributed by atoms with van der Waals surface area (Å²) < 4.78 is 29.9. The molecule has 12 bridgehead atoms. The van der Waals surface area contributed by atoms with Crippen molar-refractivity contribution in [1.29, 1.82) is 0 Å². The van der Waals surface area contributed by atoms with E-state index in [-0.39, 0.29) is 111 Å². The highest BCUT2D eigenvalue weighted by Gasteiger charge is 2.42. The van der Waals surface area contributed by atoms with Crippen molar-refractivity contribution in [1.82, 2.24) is 55.9 Å².